The van der Waals surface area contributed by atoms with Gasteiger partial charge in [0.2, 0.25) is 0 Å². The van der Waals surface area contributed by atoms with Gasteiger partial charge in [-0.3, -0.25) is 0 Å². The highest BCUT2D eigenvalue weighted by molar-refractivity contribution is 7.14. The maximum atomic E-state index is 6.87. The molecule has 8 heteroatoms. The van der Waals surface area contributed by atoms with Gasteiger partial charge in [0.1, 0.15) is 26.4 Å². The Morgan fingerprint density at radius 2 is 0.981 bits per heavy atom. The van der Waals surface area contributed by atoms with Gasteiger partial charge in [0.05, 0.1) is 21.1 Å². The minimum absolute atomic E-state index is 0.572. The van der Waals surface area contributed by atoms with Gasteiger partial charge in [-0.05, 0) is 54.2 Å². The molecule has 3 aliphatic heterocycles. The van der Waals surface area contributed by atoms with Crippen molar-refractivity contribution in [1.29, 1.82) is 0 Å². The van der Waals surface area contributed by atoms with Crippen LogP contribution in [0.5, 0.6) is 34.5 Å². The summed E-state index contributed by atoms with van der Waals surface area (Å²) in [4.78, 5) is 4.73. The van der Waals surface area contributed by atoms with Crippen molar-refractivity contribution in [3.8, 4) is 55.4 Å². The zero-order valence-corrected chi connectivity index (χ0v) is 33.0. The van der Waals surface area contributed by atoms with E-state index >= 15 is 0 Å². The van der Waals surface area contributed by atoms with Crippen LogP contribution in [0, 0.1) is 5.92 Å². The van der Waals surface area contributed by atoms with E-state index < -0.39 is 0 Å². The number of anilines is 2. The summed E-state index contributed by atoms with van der Waals surface area (Å²) in [6.07, 6.45) is 21.4. The summed E-state index contributed by atoms with van der Waals surface area (Å²) < 4.78 is 30.8. The van der Waals surface area contributed by atoms with Crippen LogP contribution in [0.4, 0.5) is 11.4 Å². The molecule has 2 aromatic carbocycles. The number of fused-ring (bicyclic) bond motifs is 4. The molecular weight excluding hydrogens is 687 g/mol. The molecule has 4 aromatic rings. The number of rotatable bonds is 20. The third-order valence-electron chi connectivity index (χ3n) is 10.7. The van der Waals surface area contributed by atoms with Crippen LogP contribution in [-0.2, 0) is 0 Å². The number of unbranched alkanes of at least 4 members (excludes halogenated alkanes) is 12. The van der Waals surface area contributed by atoms with Gasteiger partial charge in [0.25, 0.3) is 0 Å². The van der Waals surface area contributed by atoms with Crippen LogP contribution in [0.25, 0.3) is 20.9 Å². The van der Waals surface area contributed by atoms with Crippen LogP contribution in [0.15, 0.2) is 47.2 Å². The van der Waals surface area contributed by atoms with Gasteiger partial charge in [0, 0.05) is 17.3 Å². The van der Waals surface area contributed by atoms with Crippen molar-refractivity contribution in [2.75, 3.05) is 37.9 Å². The molecule has 0 bridgehead atoms. The van der Waals surface area contributed by atoms with E-state index in [-0.39, 0.29) is 0 Å². The van der Waals surface area contributed by atoms with E-state index in [9.17, 15) is 0 Å². The van der Waals surface area contributed by atoms with Crippen molar-refractivity contribution in [3.63, 3.8) is 0 Å². The van der Waals surface area contributed by atoms with Crippen molar-refractivity contribution in [3.05, 3.63) is 47.2 Å². The minimum atomic E-state index is 0.572. The third-order valence-corrected chi connectivity index (χ3v) is 12.7. The molecule has 2 aromatic heterocycles. The van der Waals surface area contributed by atoms with E-state index in [1.807, 2.05) is 0 Å². The fourth-order valence-corrected chi connectivity index (χ4v) is 9.71. The highest BCUT2D eigenvalue weighted by Crippen LogP contribution is 2.53. The van der Waals surface area contributed by atoms with Crippen LogP contribution in [-0.4, -0.2) is 33.0 Å². The molecule has 0 radical (unpaired) electrons. The molecule has 0 saturated heterocycles. The molecule has 5 heterocycles. The Hall–Kier alpha value is -3.36. The summed E-state index contributed by atoms with van der Waals surface area (Å²) in [6.45, 7) is 7.92. The van der Waals surface area contributed by atoms with Crippen LogP contribution in [0.2, 0.25) is 0 Å². The Labute approximate surface area is 319 Å². The predicted octanol–water partition coefficient (Wildman–Crippen LogP) is 13.8. The lowest BCUT2D eigenvalue weighted by atomic mass is 9.92. The van der Waals surface area contributed by atoms with Gasteiger partial charge in [-0.25, -0.2) is 0 Å². The van der Waals surface area contributed by atoms with Gasteiger partial charge in [0.15, 0.2) is 34.5 Å². The van der Waals surface area contributed by atoms with E-state index in [0.717, 1.165) is 73.3 Å². The van der Waals surface area contributed by atoms with Crippen molar-refractivity contribution in [1.82, 2.24) is 0 Å². The summed E-state index contributed by atoms with van der Waals surface area (Å²) in [5.74, 6) is 5.77. The van der Waals surface area contributed by atoms with Crippen molar-refractivity contribution in [2.45, 2.75) is 117 Å². The van der Waals surface area contributed by atoms with Crippen LogP contribution in [0.3, 0.4) is 0 Å². The number of thiophene rings is 2. The molecule has 0 amide bonds. The number of nitrogens with zero attached hydrogens (tertiary/aromatic N) is 1. The molecule has 3 aliphatic rings. The van der Waals surface area contributed by atoms with Crippen molar-refractivity contribution in [2.24, 2.45) is 5.92 Å². The number of hydrogen-bond donors (Lipinski definition) is 0. The predicted molar refractivity (Wildman–Crippen MR) is 217 cm³/mol. The van der Waals surface area contributed by atoms with E-state index in [1.165, 1.54) is 103 Å². The van der Waals surface area contributed by atoms with Crippen LogP contribution >= 0.6 is 22.7 Å². The van der Waals surface area contributed by atoms with Crippen molar-refractivity contribution >= 4 is 34.0 Å². The topological polar surface area (TPSA) is 49.4 Å². The zero-order chi connectivity index (χ0) is 35.5. The molecule has 0 fully saturated rings. The normalized spacial score (nSPS) is 14.8. The second-order valence-electron chi connectivity index (χ2n) is 14.7. The summed E-state index contributed by atoms with van der Waals surface area (Å²) in [7, 11) is 0. The first-order valence-electron chi connectivity index (χ1n) is 20.2. The van der Waals surface area contributed by atoms with Crippen LogP contribution < -0.4 is 28.6 Å². The van der Waals surface area contributed by atoms with E-state index in [2.05, 4.69) is 65.9 Å². The average Bonchev–Trinajstić information content (AvgIpc) is 3.81. The van der Waals surface area contributed by atoms with Gasteiger partial charge in [-0.2, -0.15) is 0 Å². The molecule has 1 unspecified atom stereocenters. The molecule has 6 nitrogen and oxygen atoms in total. The minimum Gasteiger partial charge on any atom is -0.485 e. The summed E-state index contributed by atoms with van der Waals surface area (Å²) in [5, 5.41) is 4.12. The number of ether oxygens (including phenoxy) is 5. The van der Waals surface area contributed by atoms with Gasteiger partial charge >= 0.3 is 0 Å². The average molecular weight is 744 g/mol. The lowest BCUT2D eigenvalue weighted by Gasteiger charge is -2.36. The highest BCUT2D eigenvalue weighted by Gasteiger charge is 2.30. The Kier molecular flexibility index (Phi) is 13.2. The molecule has 1 atom stereocenters. The van der Waals surface area contributed by atoms with E-state index in [4.69, 9.17) is 23.7 Å². The Morgan fingerprint density at radius 3 is 1.46 bits per heavy atom. The first kappa shape index (κ1) is 37.0. The lowest BCUT2D eigenvalue weighted by molar-refractivity contribution is 0.174. The molecular formula is C44H57NO5S2. The smallest absolute Gasteiger partial charge is 0.179 e. The fourth-order valence-electron chi connectivity index (χ4n) is 7.85. The fraction of sp³-hybridized carbons (Fsp3) is 0.545. The molecule has 0 spiro atoms. The number of benzene rings is 2. The van der Waals surface area contributed by atoms with E-state index in [1.54, 1.807) is 22.7 Å². The van der Waals surface area contributed by atoms with Crippen molar-refractivity contribution < 1.29 is 23.7 Å². The molecule has 280 valence electrons. The van der Waals surface area contributed by atoms with Gasteiger partial charge in [-0.1, -0.05) is 116 Å². The first-order chi connectivity index (χ1) is 25.7. The monoisotopic (exact) mass is 743 g/mol. The number of hydrogen-bond acceptors (Lipinski definition) is 8. The zero-order valence-electron chi connectivity index (χ0n) is 31.4. The largest absolute Gasteiger partial charge is 0.485 e. The maximum Gasteiger partial charge on any atom is 0.179 e. The molecule has 7 rings (SSSR count). The molecule has 0 saturated carbocycles. The van der Waals surface area contributed by atoms with Crippen LogP contribution in [0.1, 0.15) is 117 Å². The first-order valence-corrected chi connectivity index (χ1v) is 22.0. The summed E-state index contributed by atoms with van der Waals surface area (Å²) >= 11 is 3.34. The molecule has 0 aliphatic carbocycles. The summed E-state index contributed by atoms with van der Waals surface area (Å²) in [5.41, 5.74) is 4.47. The molecule has 52 heavy (non-hydrogen) atoms. The molecule has 0 N–H and O–H groups in total. The summed E-state index contributed by atoms with van der Waals surface area (Å²) in [6, 6.07) is 13.4. The second-order valence-corrected chi connectivity index (χ2v) is 16.4. The van der Waals surface area contributed by atoms with E-state index in [0.29, 0.717) is 32.3 Å². The van der Waals surface area contributed by atoms with Gasteiger partial charge in [-0.15, -0.1) is 22.7 Å². The maximum absolute atomic E-state index is 6.87. The Bertz CT molecular complexity index is 1630. The Balaban J connectivity index is 1.15. The second kappa shape index (κ2) is 18.6. The Morgan fingerprint density at radius 1 is 0.538 bits per heavy atom. The quantitative estimate of drug-likeness (QED) is 0.0840. The standard InChI is InChI=1S/C44H57NO5S2/c1-3-5-7-9-11-12-14-16-18-32(17-15-13-10-8-6-4-2)29-45-35-21-19-33(43-41-39(30-51-43)46-23-25-48-41)27-37(35)50-38-28-34(20-22-36(38)45)44-42-40(31-52-44)47-24-26-49-42/h19-22,27-28,30-32H,3-18,23-26,29H2,1-2H3. The van der Waals surface area contributed by atoms with Gasteiger partial charge < -0.3 is 28.6 Å². The lowest BCUT2D eigenvalue weighted by Crippen LogP contribution is -2.28. The third kappa shape index (κ3) is 8.87. The SMILES string of the molecule is CCCCCCCCCCC(CCCCCCCC)CN1c2ccc(-c3scc4c3OCCO4)cc2Oc2cc(-c3scc4c3OCCO4)ccc21. The highest BCUT2D eigenvalue weighted by atomic mass is 32.1.